The highest BCUT2D eigenvalue weighted by Gasteiger charge is 2.40. The van der Waals surface area contributed by atoms with Gasteiger partial charge in [-0.25, -0.2) is 0 Å². The minimum atomic E-state index is -4.52. The zero-order valence-electron chi connectivity index (χ0n) is 14.8. The van der Waals surface area contributed by atoms with Gasteiger partial charge in [0.2, 0.25) is 0 Å². The predicted octanol–water partition coefficient (Wildman–Crippen LogP) is 5.46. The number of alkyl halides is 3. The SMILES string of the molecule is CC1(C)c2cc(OSC(F)(F)F)ccc2C(=O)c2c1[nH]c1cc(C#N)ccc21. The number of ketones is 1. The van der Waals surface area contributed by atoms with E-state index in [1.165, 1.54) is 18.2 Å². The van der Waals surface area contributed by atoms with Crippen molar-refractivity contribution in [2.24, 2.45) is 0 Å². The Labute approximate surface area is 162 Å². The molecule has 0 saturated carbocycles. The molecule has 4 rings (SSSR count). The fourth-order valence-electron chi connectivity index (χ4n) is 3.63. The summed E-state index contributed by atoms with van der Waals surface area (Å²) in [5.74, 6) is -0.191. The fourth-order valence-corrected chi connectivity index (χ4v) is 3.92. The van der Waals surface area contributed by atoms with Crippen molar-refractivity contribution >= 4 is 28.7 Å². The van der Waals surface area contributed by atoms with Crippen LogP contribution in [0.5, 0.6) is 5.75 Å². The molecule has 142 valence electrons. The monoisotopic (exact) mass is 402 g/mol. The van der Waals surface area contributed by atoms with Gasteiger partial charge in [0.05, 0.1) is 17.2 Å². The molecule has 0 fully saturated rings. The van der Waals surface area contributed by atoms with Crippen LogP contribution in [0.25, 0.3) is 10.9 Å². The standard InChI is InChI=1S/C20H13F3N2O2S/c1-19(2)14-8-11(27-28-20(21,22)23)4-6-12(14)17(26)16-13-5-3-10(9-24)7-15(13)25-18(16)19/h3-8,25H,1-2H3. The lowest BCUT2D eigenvalue weighted by atomic mass is 9.71. The van der Waals surface area contributed by atoms with Crippen molar-refractivity contribution in [1.29, 1.82) is 5.26 Å². The molecule has 0 atom stereocenters. The van der Waals surface area contributed by atoms with E-state index in [0.29, 0.717) is 38.9 Å². The van der Waals surface area contributed by atoms with E-state index in [1.807, 2.05) is 13.8 Å². The number of aromatic amines is 1. The molecule has 1 heterocycles. The Morgan fingerprint density at radius 2 is 1.93 bits per heavy atom. The lowest BCUT2D eigenvalue weighted by Crippen LogP contribution is -2.30. The number of nitrogens with zero attached hydrogens (tertiary/aromatic N) is 1. The quantitative estimate of drug-likeness (QED) is 0.579. The van der Waals surface area contributed by atoms with Crippen LogP contribution in [0.1, 0.15) is 46.6 Å². The van der Waals surface area contributed by atoms with E-state index in [-0.39, 0.29) is 11.5 Å². The van der Waals surface area contributed by atoms with Crippen molar-refractivity contribution in [1.82, 2.24) is 4.98 Å². The van der Waals surface area contributed by atoms with E-state index in [1.54, 1.807) is 18.2 Å². The van der Waals surface area contributed by atoms with E-state index in [0.717, 1.165) is 0 Å². The van der Waals surface area contributed by atoms with Gasteiger partial charge in [-0.3, -0.25) is 4.79 Å². The molecule has 1 aromatic heterocycles. The summed E-state index contributed by atoms with van der Waals surface area (Å²) in [5.41, 5.74) is -1.87. The number of aromatic nitrogens is 1. The molecule has 2 aromatic carbocycles. The van der Waals surface area contributed by atoms with Crippen molar-refractivity contribution in [2.45, 2.75) is 24.8 Å². The van der Waals surface area contributed by atoms with Gasteiger partial charge >= 0.3 is 5.51 Å². The van der Waals surface area contributed by atoms with Gasteiger partial charge in [0.15, 0.2) is 17.8 Å². The number of hydrogen-bond donors (Lipinski definition) is 1. The third kappa shape index (κ3) is 2.83. The summed E-state index contributed by atoms with van der Waals surface area (Å²) >= 11 is -0.592. The van der Waals surface area contributed by atoms with Crippen LogP contribution in [0.2, 0.25) is 0 Å². The van der Waals surface area contributed by atoms with Crippen LogP contribution in [0.4, 0.5) is 13.2 Å². The lowest BCUT2D eigenvalue weighted by molar-refractivity contribution is -0.0369. The van der Waals surface area contributed by atoms with Crippen molar-refractivity contribution in [2.75, 3.05) is 0 Å². The number of nitriles is 1. The number of fused-ring (bicyclic) bond motifs is 4. The highest BCUT2D eigenvalue weighted by molar-refractivity contribution is 7.95. The van der Waals surface area contributed by atoms with Crippen LogP contribution in [0.15, 0.2) is 36.4 Å². The maximum Gasteiger partial charge on any atom is 0.479 e. The van der Waals surface area contributed by atoms with Crippen LogP contribution >= 0.6 is 12.0 Å². The Morgan fingerprint density at radius 1 is 1.18 bits per heavy atom. The first-order valence-electron chi connectivity index (χ1n) is 8.30. The Hall–Kier alpha value is -2.92. The second kappa shape index (κ2) is 6.04. The molecule has 0 unspecified atom stereocenters. The Kier molecular flexibility index (Phi) is 3.98. The Morgan fingerprint density at radius 3 is 2.61 bits per heavy atom. The van der Waals surface area contributed by atoms with Crippen molar-refractivity contribution < 1.29 is 22.1 Å². The minimum absolute atomic E-state index is 0.0216. The summed E-state index contributed by atoms with van der Waals surface area (Å²) in [6.45, 7) is 3.77. The molecule has 1 aliphatic carbocycles. The molecule has 4 nitrogen and oxygen atoms in total. The first-order chi connectivity index (χ1) is 13.1. The van der Waals surface area contributed by atoms with Crippen molar-refractivity contribution in [3.05, 3.63) is 64.3 Å². The van der Waals surface area contributed by atoms with Gasteiger partial charge in [0.25, 0.3) is 0 Å². The maximum absolute atomic E-state index is 13.1. The van der Waals surface area contributed by atoms with Crippen LogP contribution in [0, 0.1) is 11.3 Å². The van der Waals surface area contributed by atoms with Crippen LogP contribution < -0.4 is 4.18 Å². The molecule has 1 aliphatic rings. The number of carbonyl (C=O) groups excluding carboxylic acids is 1. The summed E-state index contributed by atoms with van der Waals surface area (Å²) in [4.78, 5) is 16.4. The molecule has 0 spiro atoms. The van der Waals surface area contributed by atoms with Gasteiger partial charge < -0.3 is 9.17 Å². The van der Waals surface area contributed by atoms with Gasteiger partial charge in [0.1, 0.15) is 5.75 Å². The molecular weight excluding hydrogens is 389 g/mol. The highest BCUT2D eigenvalue weighted by Crippen LogP contribution is 2.45. The first kappa shape index (κ1) is 18.4. The minimum Gasteiger partial charge on any atom is -0.417 e. The number of benzene rings is 2. The van der Waals surface area contributed by atoms with Gasteiger partial charge in [-0.05, 0) is 35.9 Å². The summed E-state index contributed by atoms with van der Waals surface area (Å²) in [6, 6.07) is 11.5. The third-order valence-corrected chi connectivity index (χ3v) is 5.39. The van der Waals surface area contributed by atoms with E-state index in [9.17, 15) is 18.0 Å². The van der Waals surface area contributed by atoms with Gasteiger partial charge in [-0.15, -0.1) is 0 Å². The zero-order chi connectivity index (χ0) is 20.3. The largest absolute Gasteiger partial charge is 0.479 e. The maximum atomic E-state index is 13.1. The molecule has 0 radical (unpaired) electrons. The normalized spacial score (nSPS) is 15.1. The lowest BCUT2D eigenvalue weighted by Gasteiger charge is -2.32. The molecule has 0 bridgehead atoms. The first-order valence-corrected chi connectivity index (χ1v) is 9.04. The van der Waals surface area contributed by atoms with Crippen molar-refractivity contribution in [3.63, 3.8) is 0 Å². The third-order valence-electron chi connectivity index (χ3n) is 4.92. The molecule has 0 aliphatic heterocycles. The molecule has 0 amide bonds. The van der Waals surface area contributed by atoms with Gasteiger partial charge in [-0.2, -0.15) is 18.4 Å². The van der Waals surface area contributed by atoms with E-state index in [2.05, 4.69) is 11.1 Å². The molecule has 3 aromatic rings. The summed E-state index contributed by atoms with van der Waals surface area (Å²) < 4.78 is 42.1. The smallest absolute Gasteiger partial charge is 0.417 e. The predicted molar refractivity (Wildman–Crippen MR) is 99.3 cm³/mol. The fraction of sp³-hybridized carbons (Fsp3) is 0.200. The Bertz CT molecular complexity index is 1170. The van der Waals surface area contributed by atoms with E-state index >= 15 is 0 Å². The number of nitrogens with one attached hydrogen (secondary N) is 1. The summed E-state index contributed by atoms with van der Waals surface area (Å²) in [7, 11) is 0. The second-order valence-electron chi connectivity index (χ2n) is 7.02. The molecule has 0 saturated heterocycles. The van der Waals surface area contributed by atoms with Gasteiger partial charge in [-0.1, -0.05) is 19.9 Å². The molecular formula is C20H13F3N2O2S. The van der Waals surface area contributed by atoms with E-state index in [4.69, 9.17) is 9.44 Å². The van der Waals surface area contributed by atoms with Crippen LogP contribution in [-0.4, -0.2) is 16.3 Å². The Balaban J connectivity index is 1.85. The van der Waals surface area contributed by atoms with E-state index < -0.39 is 23.0 Å². The van der Waals surface area contributed by atoms with Crippen LogP contribution in [0.3, 0.4) is 0 Å². The molecule has 1 N–H and O–H groups in total. The number of H-pyrrole nitrogens is 1. The number of rotatable bonds is 2. The molecule has 28 heavy (non-hydrogen) atoms. The average molecular weight is 402 g/mol. The number of carbonyl (C=O) groups is 1. The second-order valence-corrected chi connectivity index (χ2v) is 7.82. The topological polar surface area (TPSA) is 65.9 Å². The number of hydrogen-bond acceptors (Lipinski definition) is 4. The molecule has 8 heteroatoms. The van der Waals surface area contributed by atoms with Crippen LogP contribution in [-0.2, 0) is 5.41 Å². The van der Waals surface area contributed by atoms with Gasteiger partial charge in [0, 0.05) is 27.6 Å². The average Bonchev–Trinajstić information content (AvgIpc) is 3.04. The summed E-state index contributed by atoms with van der Waals surface area (Å²) in [5, 5.41) is 9.82. The number of halogens is 3. The highest BCUT2D eigenvalue weighted by atomic mass is 32.2. The van der Waals surface area contributed by atoms with Crippen molar-refractivity contribution in [3.8, 4) is 11.8 Å². The summed E-state index contributed by atoms with van der Waals surface area (Å²) in [6.07, 6.45) is 0. The zero-order valence-corrected chi connectivity index (χ0v) is 15.6.